The largest absolute Gasteiger partial charge is 0.494 e. The van der Waals surface area contributed by atoms with Crippen LogP contribution in [0.4, 0.5) is 4.39 Å². The van der Waals surface area contributed by atoms with Crippen LogP contribution in [-0.2, 0) is 0 Å². The van der Waals surface area contributed by atoms with Crippen LogP contribution < -0.4 is 4.74 Å². The molecule has 1 heterocycles. The fourth-order valence-corrected chi connectivity index (χ4v) is 3.03. The molecule has 0 spiro atoms. The quantitative estimate of drug-likeness (QED) is 0.936. The van der Waals surface area contributed by atoms with Gasteiger partial charge in [0.15, 0.2) is 11.6 Å². The summed E-state index contributed by atoms with van der Waals surface area (Å²) in [7, 11) is 1.40. The lowest BCUT2D eigenvalue weighted by molar-refractivity contribution is 0.0700. The summed E-state index contributed by atoms with van der Waals surface area (Å²) >= 11 is 1.09. The van der Waals surface area contributed by atoms with Crippen LogP contribution in [0.3, 0.4) is 0 Å². The Morgan fingerprint density at radius 1 is 1.50 bits per heavy atom. The van der Waals surface area contributed by atoms with E-state index in [4.69, 9.17) is 4.74 Å². The topological polar surface area (TPSA) is 59.4 Å². The van der Waals surface area contributed by atoms with Gasteiger partial charge in [-0.25, -0.2) is 14.2 Å². The number of aromatic nitrogens is 1. The molecule has 2 aromatic rings. The number of carboxylic acids is 1. The number of methoxy groups -OCH3 is 1. The van der Waals surface area contributed by atoms with Crippen LogP contribution in [0, 0.1) is 5.82 Å². The third-order valence-electron chi connectivity index (χ3n) is 3.21. The van der Waals surface area contributed by atoms with E-state index in [-0.39, 0.29) is 16.5 Å². The van der Waals surface area contributed by atoms with Crippen LogP contribution in [-0.4, -0.2) is 23.2 Å². The van der Waals surface area contributed by atoms with E-state index in [1.165, 1.54) is 19.2 Å². The van der Waals surface area contributed by atoms with Crippen molar-refractivity contribution in [2.45, 2.75) is 18.8 Å². The van der Waals surface area contributed by atoms with Crippen LogP contribution in [0.15, 0.2) is 18.2 Å². The molecule has 1 aliphatic rings. The smallest absolute Gasteiger partial charge is 0.347 e. The monoisotopic (exact) mass is 293 g/mol. The molecule has 4 nitrogen and oxygen atoms in total. The summed E-state index contributed by atoms with van der Waals surface area (Å²) in [5.41, 5.74) is 1.21. The zero-order valence-corrected chi connectivity index (χ0v) is 11.5. The van der Waals surface area contributed by atoms with Crippen molar-refractivity contribution in [1.29, 1.82) is 0 Å². The summed E-state index contributed by atoms with van der Waals surface area (Å²) in [6.45, 7) is 0. The van der Waals surface area contributed by atoms with E-state index in [0.29, 0.717) is 16.3 Å². The van der Waals surface area contributed by atoms with Crippen LogP contribution in [0.25, 0.3) is 10.6 Å². The average Bonchev–Trinajstić information content (AvgIpc) is 3.17. The fraction of sp³-hybridized carbons (Fsp3) is 0.286. The number of nitrogens with zero attached hydrogens (tertiary/aromatic N) is 1. The molecule has 104 valence electrons. The lowest BCUT2D eigenvalue weighted by Gasteiger charge is -2.02. The van der Waals surface area contributed by atoms with Gasteiger partial charge >= 0.3 is 5.97 Å². The molecule has 3 rings (SSSR count). The van der Waals surface area contributed by atoms with E-state index in [9.17, 15) is 14.3 Å². The zero-order valence-electron chi connectivity index (χ0n) is 10.7. The highest BCUT2D eigenvalue weighted by molar-refractivity contribution is 7.17. The number of rotatable bonds is 4. The standard InChI is InChI=1S/C14H12FNO3S/c1-19-10-5-4-8(6-9(10)15)13-16-11(7-2-3-7)12(20-13)14(17)18/h4-7H,2-3H2,1H3,(H,17,18). The Balaban J connectivity index is 2.03. The van der Waals surface area contributed by atoms with Crippen molar-refractivity contribution < 1.29 is 19.0 Å². The van der Waals surface area contributed by atoms with Gasteiger partial charge in [-0.2, -0.15) is 0 Å². The molecule has 0 saturated heterocycles. The zero-order chi connectivity index (χ0) is 14.3. The SMILES string of the molecule is COc1ccc(-c2nc(C3CC3)c(C(=O)O)s2)cc1F. The van der Waals surface area contributed by atoms with Crippen molar-refractivity contribution in [3.05, 3.63) is 34.6 Å². The first-order chi connectivity index (χ1) is 9.60. The lowest BCUT2D eigenvalue weighted by Crippen LogP contribution is -1.97. The van der Waals surface area contributed by atoms with Crippen LogP contribution in [0.2, 0.25) is 0 Å². The van der Waals surface area contributed by atoms with Crippen molar-refractivity contribution in [1.82, 2.24) is 4.98 Å². The molecule has 1 N–H and O–H groups in total. The van der Waals surface area contributed by atoms with Crippen LogP contribution in [0.5, 0.6) is 5.75 Å². The third-order valence-corrected chi connectivity index (χ3v) is 4.32. The molecule has 1 aromatic heterocycles. The van der Waals surface area contributed by atoms with E-state index in [0.717, 1.165) is 24.2 Å². The van der Waals surface area contributed by atoms with Gasteiger partial charge in [-0.1, -0.05) is 0 Å². The van der Waals surface area contributed by atoms with Gasteiger partial charge in [-0.15, -0.1) is 11.3 Å². The number of hydrogen-bond donors (Lipinski definition) is 1. The van der Waals surface area contributed by atoms with E-state index in [1.807, 2.05) is 0 Å². The second-order valence-corrected chi connectivity index (χ2v) is 5.66. The van der Waals surface area contributed by atoms with Crippen molar-refractivity contribution in [3.8, 4) is 16.3 Å². The lowest BCUT2D eigenvalue weighted by atomic mass is 10.2. The van der Waals surface area contributed by atoms with Gasteiger partial charge in [0.2, 0.25) is 0 Å². The Morgan fingerprint density at radius 3 is 2.80 bits per heavy atom. The first-order valence-electron chi connectivity index (χ1n) is 6.18. The number of ether oxygens (including phenoxy) is 1. The highest BCUT2D eigenvalue weighted by Gasteiger charge is 2.32. The van der Waals surface area contributed by atoms with Gasteiger partial charge in [0, 0.05) is 11.5 Å². The molecule has 6 heteroatoms. The second-order valence-electron chi connectivity index (χ2n) is 4.66. The summed E-state index contributed by atoms with van der Waals surface area (Å²) in [6.07, 6.45) is 1.95. The fourth-order valence-electron chi connectivity index (χ4n) is 2.04. The maximum atomic E-state index is 13.7. The van der Waals surface area contributed by atoms with Gasteiger partial charge in [-0.05, 0) is 31.0 Å². The first-order valence-corrected chi connectivity index (χ1v) is 6.99. The van der Waals surface area contributed by atoms with Crippen molar-refractivity contribution in [2.24, 2.45) is 0 Å². The molecule has 0 radical (unpaired) electrons. The molecular formula is C14H12FNO3S. The van der Waals surface area contributed by atoms with Crippen molar-refractivity contribution in [3.63, 3.8) is 0 Å². The van der Waals surface area contributed by atoms with E-state index in [1.54, 1.807) is 6.07 Å². The van der Waals surface area contributed by atoms with Gasteiger partial charge in [0.1, 0.15) is 9.88 Å². The normalized spacial score (nSPS) is 14.3. The molecule has 0 bridgehead atoms. The molecule has 1 fully saturated rings. The number of thiazole rings is 1. The maximum absolute atomic E-state index is 13.7. The van der Waals surface area contributed by atoms with Crippen LogP contribution in [0.1, 0.15) is 34.1 Å². The Morgan fingerprint density at radius 2 is 2.25 bits per heavy atom. The van der Waals surface area contributed by atoms with E-state index >= 15 is 0 Å². The molecule has 20 heavy (non-hydrogen) atoms. The molecule has 0 aliphatic heterocycles. The Bertz CT molecular complexity index is 679. The van der Waals surface area contributed by atoms with E-state index in [2.05, 4.69) is 4.98 Å². The Kier molecular flexibility index (Phi) is 3.17. The first kappa shape index (κ1) is 13.1. The minimum absolute atomic E-state index is 0.159. The average molecular weight is 293 g/mol. The Labute approximate surface area is 118 Å². The van der Waals surface area contributed by atoms with Gasteiger partial charge in [0.25, 0.3) is 0 Å². The predicted octanol–water partition coefficient (Wildman–Crippen LogP) is 3.53. The van der Waals surface area contributed by atoms with E-state index < -0.39 is 11.8 Å². The number of benzene rings is 1. The third kappa shape index (κ3) is 2.27. The minimum Gasteiger partial charge on any atom is -0.494 e. The van der Waals surface area contributed by atoms with Gasteiger partial charge in [0.05, 0.1) is 12.8 Å². The maximum Gasteiger partial charge on any atom is 0.347 e. The molecule has 0 amide bonds. The predicted molar refractivity (Wildman–Crippen MR) is 73.0 cm³/mol. The molecule has 0 unspecified atom stereocenters. The minimum atomic E-state index is -0.968. The van der Waals surface area contributed by atoms with Crippen molar-refractivity contribution >= 4 is 17.3 Å². The number of halogens is 1. The molecule has 1 aliphatic carbocycles. The highest BCUT2D eigenvalue weighted by atomic mass is 32.1. The summed E-state index contributed by atoms with van der Waals surface area (Å²) in [5, 5.41) is 9.75. The number of hydrogen-bond acceptors (Lipinski definition) is 4. The molecule has 1 saturated carbocycles. The summed E-state index contributed by atoms with van der Waals surface area (Å²) in [6, 6.07) is 4.52. The number of carboxylic acid groups (broad SMARTS) is 1. The van der Waals surface area contributed by atoms with Crippen LogP contribution >= 0.6 is 11.3 Å². The summed E-state index contributed by atoms with van der Waals surface area (Å²) in [4.78, 5) is 15.9. The number of aromatic carboxylic acids is 1. The summed E-state index contributed by atoms with van der Waals surface area (Å²) in [5.74, 6) is -1.05. The highest BCUT2D eigenvalue weighted by Crippen LogP contribution is 2.44. The molecular weight excluding hydrogens is 281 g/mol. The summed E-state index contributed by atoms with van der Waals surface area (Å²) < 4.78 is 18.6. The molecule has 1 aromatic carbocycles. The van der Waals surface area contributed by atoms with Gasteiger partial charge in [-0.3, -0.25) is 0 Å². The second kappa shape index (κ2) is 4.86. The Hall–Kier alpha value is -1.95. The number of carbonyl (C=O) groups is 1. The van der Waals surface area contributed by atoms with Gasteiger partial charge < -0.3 is 9.84 Å². The molecule has 0 atom stereocenters. The van der Waals surface area contributed by atoms with Crippen molar-refractivity contribution in [2.75, 3.05) is 7.11 Å².